The van der Waals surface area contributed by atoms with Crippen molar-refractivity contribution < 1.29 is 0 Å². The van der Waals surface area contributed by atoms with Gasteiger partial charge in [-0.1, -0.05) is 56.6 Å². The summed E-state index contributed by atoms with van der Waals surface area (Å²) in [6, 6.07) is 0. The molecule has 0 radical (unpaired) electrons. The molecule has 1 aliphatic carbocycles. The molecule has 0 aromatic carbocycles. The molecule has 0 N–H and O–H groups in total. The fourth-order valence-corrected chi connectivity index (χ4v) is 2.05. The van der Waals surface area contributed by atoms with E-state index in [1.165, 1.54) is 0 Å². The number of azide groups is 1. The second-order valence-electron chi connectivity index (χ2n) is 2.31. The zero-order chi connectivity index (χ0) is 11.6. The molecule has 0 fully saturated rings. The van der Waals surface area contributed by atoms with Crippen LogP contribution in [-0.2, 0) is 0 Å². The molecule has 0 aromatic rings. The molecule has 6 nitrogen and oxygen atoms in total. The highest BCUT2D eigenvalue weighted by atomic mass is 35.5. The summed E-state index contributed by atoms with van der Waals surface area (Å²) in [6.45, 7) is 0. The van der Waals surface area contributed by atoms with Crippen LogP contribution in [0.5, 0.6) is 0 Å². The van der Waals surface area contributed by atoms with Crippen molar-refractivity contribution in [2.75, 3.05) is 0 Å². The van der Waals surface area contributed by atoms with Gasteiger partial charge in [0.25, 0.3) is 0 Å². The summed E-state index contributed by atoms with van der Waals surface area (Å²) < 4.78 is 0. The van der Waals surface area contributed by atoms with Gasteiger partial charge in [0, 0.05) is 9.82 Å². The maximum Gasteiger partial charge on any atom is 0.201 e. The standard InChI is InChI=1S/C5Cl4N6/c6-1-2(7)4(9)5(3(1)8,12-14-10)13-15-11. The van der Waals surface area contributed by atoms with Gasteiger partial charge in [0.1, 0.15) is 0 Å². The Hall–Kier alpha value is -0.740. The van der Waals surface area contributed by atoms with Crippen LogP contribution in [0.2, 0.25) is 0 Å². The molecule has 15 heavy (non-hydrogen) atoms. The van der Waals surface area contributed by atoms with Crippen molar-refractivity contribution in [3.8, 4) is 0 Å². The smallest absolute Gasteiger partial charge is 0.0862 e. The summed E-state index contributed by atoms with van der Waals surface area (Å²) in [5.74, 6) is 0. The van der Waals surface area contributed by atoms with Gasteiger partial charge < -0.3 is 0 Å². The minimum atomic E-state index is -1.90. The maximum atomic E-state index is 8.35. The molecular formula is C5Cl4N6. The van der Waals surface area contributed by atoms with E-state index in [4.69, 9.17) is 57.5 Å². The molecule has 0 aliphatic heterocycles. The summed E-state index contributed by atoms with van der Waals surface area (Å²) in [5, 5.41) is 5.77. The minimum Gasteiger partial charge on any atom is -0.0862 e. The zero-order valence-electron chi connectivity index (χ0n) is 6.70. The first-order chi connectivity index (χ1) is 7.01. The van der Waals surface area contributed by atoms with Crippen molar-refractivity contribution in [1.29, 1.82) is 0 Å². The number of nitrogens with zero attached hydrogens (tertiary/aromatic N) is 6. The van der Waals surface area contributed by atoms with Gasteiger partial charge in [-0.05, 0) is 11.1 Å². The van der Waals surface area contributed by atoms with Gasteiger partial charge in [0.2, 0.25) is 5.66 Å². The number of hydrogen-bond donors (Lipinski definition) is 0. The van der Waals surface area contributed by atoms with E-state index < -0.39 is 5.66 Å². The lowest BCUT2D eigenvalue weighted by Gasteiger charge is -2.16. The molecule has 10 heteroatoms. The number of hydrogen-bond acceptors (Lipinski definition) is 2. The van der Waals surface area contributed by atoms with Crippen LogP contribution >= 0.6 is 46.4 Å². The summed E-state index contributed by atoms with van der Waals surface area (Å²) in [4.78, 5) is 4.97. The lowest BCUT2D eigenvalue weighted by atomic mass is 10.2. The number of rotatable bonds is 2. The zero-order valence-corrected chi connectivity index (χ0v) is 9.72. The molecule has 0 spiro atoms. The predicted octanol–water partition coefficient (Wildman–Crippen LogP) is 4.70. The van der Waals surface area contributed by atoms with Gasteiger partial charge in [-0.25, -0.2) is 0 Å². The van der Waals surface area contributed by atoms with E-state index in [2.05, 4.69) is 20.1 Å². The highest BCUT2D eigenvalue weighted by molar-refractivity contribution is 6.54. The average molecular weight is 286 g/mol. The largest absolute Gasteiger partial charge is 0.201 e. The van der Waals surface area contributed by atoms with Crippen LogP contribution in [0.3, 0.4) is 0 Å². The van der Waals surface area contributed by atoms with E-state index in [-0.39, 0.29) is 20.1 Å². The van der Waals surface area contributed by atoms with E-state index in [1.54, 1.807) is 0 Å². The van der Waals surface area contributed by atoms with Crippen LogP contribution in [0.1, 0.15) is 0 Å². The van der Waals surface area contributed by atoms with E-state index >= 15 is 0 Å². The summed E-state index contributed by atoms with van der Waals surface area (Å²) in [5.41, 5.74) is 14.8. The topological polar surface area (TPSA) is 97.5 Å². The van der Waals surface area contributed by atoms with Crippen LogP contribution in [0, 0.1) is 0 Å². The lowest BCUT2D eigenvalue weighted by Crippen LogP contribution is -2.21. The van der Waals surface area contributed by atoms with Gasteiger partial charge in [0.05, 0.1) is 20.1 Å². The molecule has 1 rings (SSSR count). The normalized spacial score (nSPS) is 18.7. The van der Waals surface area contributed by atoms with Crippen LogP contribution in [0.4, 0.5) is 0 Å². The van der Waals surface area contributed by atoms with Gasteiger partial charge >= 0.3 is 0 Å². The van der Waals surface area contributed by atoms with E-state index in [0.29, 0.717) is 0 Å². The average Bonchev–Trinajstić information content (AvgIpc) is 2.36. The highest BCUT2D eigenvalue weighted by Gasteiger charge is 2.45. The van der Waals surface area contributed by atoms with Crippen molar-refractivity contribution in [3.05, 3.63) is 41.0 Å². The van der Waals surface area contributed by atoms with Gasteiger partial charge in [0.15, 0.2) is 0 Å². The molecule has 0 atom stereocenters. The Morgan fingerprint density at radius 1 is 0.867 bits per heavy atom. The minimum absolute atomic E-state index is 0.108. The van der Waals surface area contributed by atoms with Gasteiger partial charge in [-0.15, -0.1) is 0 Å². The number of allylic oxidation sites excluding steroid dienone is 2. The summed E-state index contributed by atoms with van der Waals surface area (Å²) in [6.07, 6.45) is 0. The first-order valence-corrected chi connectivity index (χ1v) is 4.77. The van der Waals surface area contributed by atoms with Crippen LogP contribution in [0.15, 0.2) is 30.4 Å². The van der Waals surface area contributed by atoms with E-state index in [1.807, 2.05) is 0 Å². The first kappa shape index (κ1) is 12.3. The van der Waals surface area contributed by atoms with Crippen LogP contribution < -0.4 is 0 Å². The third-order valence-electron chi connectivity index (χ3n) is 1.57. The maximum absolute atomic E-state index is 8.35. The number of halogens is 4. The lowest BCUT2D eigenvalue weighted by molar-refractivity contribution is 0.663. The van der Waals surface area contributed by atoms with Crippen molar-refractivity contribution in [1.82, 2.24) is 0 Å². The third-order valence-corrected chi connectivity index (χ3v) is 3.52. The quantitative estimate of drug-likeness (QED) is 0.399. The Balaban J connectivity index is 3.59. The molecular weight excluding hydrogens is 286 g/mol. The highest BCUT2D eigenvalue weighted by Crippen LogP contribution is 2.50. The molecule has 0 heterocycles. The molecule has 0 saturated carbocycles. The Bertz CT molecular complexity index is 422. The Kier molecular flexibility index (Phi) is 3.62. The molecule has 0 bridgehead atoms. The van der Waals surface area contributed by atoms with E-state index in [0.717, 1.165) is 0 Å². The predicted molar refractivity (Wildman–Crippen MR) is 58.5 cm³/mol. The molecule has 1 aliphatic rings. The Morgan fingerprint density at radius 3 is 1.47 bits per heavy atom. The summed E-state index contributed by atoms with van der Waals surface area (Å²) >= 11 is 22.8. The van der Waals surface area contributed by atoms with Crippen molar-refractivity contribution in [3.63, 3.8) is 0 Å². The summed E-state index contributed by atoms with van der Waals surface area (Å²) in [7, 11) is 0. The fourth-order valence-electron chi connectivity index (χ4n) is 0.920. The molecule has 0 unspecified atom stereocenters. The van der Waals surface area contributed by atoms with Crippen molar-refractivity contribution in [2.45, 2.75) is 5.66 Å². The molecule has 0 aromatic heterocycles. The molecule has 0 amide bonds. The van der Waals surface area contributed by atoms with Crippen LogP contribution in [-0.4, -0.2) is 5.66 Å². The first-order valence-electron chi connectivity index (χ1n) is 3.25. The fraction of sp³-hybridized carbons (Fsp3) is 0.200. The second kappa shape index (κ2) is 4.41. The molecule has 0 saturated heterocycles. The Morgan fingerprint density at radius 2 is 1.20 bits per heavy atom. The second-order valence-corrected chi connectivity index (χ2v) is 3.82. The SMILES string of the molecule is [N-]=[N+]=NC1(N=[N+]=[N-])C(Cl)=C(Cl)C(Cl)=C1Cl. The Labute approximate surface area is 103 Å². The van der Waals surface area contributed by atoms with E-state index in [9.17, 15) is 0 Å². The van der Waals surface area contributed by atoms with Gasteiger partial charge in [-0.2, -0.15) is 0 Å². The molecule has 78 valence electrons. The van der Waals surface area contributed by atoms with Crippen molar-refractivity contribution in [2.24, 2.45) is 10.2 Å². The van der Waals surface area contributed by atoms with Crippen molar-refractivity contribution >= 4 is 46.4 Å². The monoisotopic (exact) mass is 284 g/mol. The third kappa shape index (κ3) is 1.72. The van der Waals surface area contributed by atoms with Gasteiger partial charge in [-0.3, -0.25) is 0 Å². The van der Waals surface area contributed by atoms with Crippen LogP contribution in [0.25, 0.3) is 20.9 Å².